The average molecular weight is 399 g/mol. The number of benzene rings is 2. The van der Waals surface area contributed by atoms with Gasteiger partial charge < -0.3 is 9.15 Å². The molecule has 0 amide bonds. The van der Waals surface area contributed by atoms with Gasteiger partial charge in [-0.1, -0.05) is 35.3 Å². The van der Waals surface area contributed by atoms with Gasteiger partial charge in [0.2, 0.25) is 6.23 Å². The standard InChI is InChI=1S/C21H16Cl2N2O2/c1-12-5-7-20(26-12)17-11-18-16-10-15(23)6-8-19(16)27-21(25(18)24-17)13-3-2-4-14(22)9-13/h2-10,18,21H,11H2,1H3/t18-,21-/m1/s1. The van der Waals surface area contributed by atoms with Crippen LogP contribution >= 0.6 is 23.2 Å². The largest absolute Gasteiger partial charge is 0.464 e. The van der Waals surface area contributed by atoms with Gasteiger partial charge in [-0.3, -0.25) is 0 Å². The Morgan fingerprint density at radius 3 is 2.67 bits per heavy atom. The number of hydrogen-bond acceptors (Lipinski definition) is 4. The molecule has 0 saturated carbocycles. The number of fused-ring (bicyclic) bond motifs is 3. The maximum atomic E-state index is 6.30. The van der Waals surface area contributed by atoms with E-state index in [2.05, 4.69) is 0 Å². The lowest BCUT2D eigenvalue weighted by Gasteiger charge is -2.38. The van der Waals surface area contributed by atoms with Crippen LogP contribution in [0.15, 0.2) is 64.1 Å². The number of aryl methyl sites for hydroxylation is 1. The van der Waals surface area contributed by atoms with Crippen molar-refractivity contribution in [3.05, 3.63) is 87.3 Å². The number of halogens is 2. The molecule has 3 aromatic rings. The number of ether oxygens (including phenoxy) is 1. The highest BCUT2D eigenvalue weighted by Crippen LogP contribution is 2.48. The average Bonchev–Trinajstić information content (AvgIpc) is 3.27. The van der Waals surface area contributed by atoms with E-state index in [9.17, 15) is 0 Å². The van der Waals surface area contributed by atoms with Crippen molar-refractivity contribution in [1.82, 2.24) is 5.01 Å². The SMILES string of the molecule is Cc1ccc(C2=NN3[C@H](C2)c2cc(Cl)ccc2O[C@@H]3c2cccc(Cl)c2)o1. The second kappa shape index (κ2) is 6.32. The molecule has 5 rings (SSSR count). The van der Waals surface area contributed by atoms with Crippen LogP contribution in [0.5, 0.6) is 5.75 Å². The summed E-state index contributed by atoms with van der Waals surface area (Å²) in [5, 5.41) is 8.19. The predicted molar refractivity (Wildman–Crippen MR) is 105 cm³/mol. The number of furan rings is 1. The van der Waals surface area contributed by atoms with Crippen LogP contribution in [0.2, 0.25) is 10.0 Å². The molecule has 0 bridgehead atoms. The highest BCUT2D eigenvalue weighted by Gasteiger charge is 2.41. The fourth-order valence-electron chi connectivity index (χ4n) is 3.68. The fourth-order valence-corrected chi connectivity index (χ4v) is 4.06. The Bertz CT molecular complexity index is 1060. The smallest absolute Gasteiger partial charge is 0.213 e. The van der Waals surface area contributed by atoms with Crippen LogP contribution in [0.3, 0.4) is 0 Å². The Balaban J connectivity index is 1.62. The zero-order valence-corrected chi connectivity index (χ0v) is 16.0. The first-order valence-corrected chi connectivity index (χ1v) is 9.48. The van der Waals surface area contributed by atoms with E-state index < -0.39 is 0 Å². The second-order valence-electron chi connectivity index (χ2n) is 6.76. The lowest BCUT2D eigenvalue weighted by molar-refractivity contribution is -0.0190. The summed E-state index contributed by atoms with van der Waals surface area (Å²) in [7, 11) is 0. The molecule has 4 nitrogen and oxygen atoms in total. The Morgan fingerprint density at radius 2 is 1.89 bits per heavy atom. The Hall–Kier alpha value is -2.43. The molecule has 136 valence electrons. The third-order valence-electron chi connectivity index (χ3n) is 4.91. The van der Waals surface area contributed by atoms with Gasteiger partial charge in [-0.2, -0.15) is 5.10 Å². The van der Waals surface area contributed by atoms with Gasteiger partial charge >= 0.3 is 0 Å². The summed E-state index contributed by atoms with van der Waals surface area (Å²) in [4.78, 5) is 0. The normalized spacial score (nSPS) is 20.7. The van der Waals surface area contributed by atoms with E-state index in [0.717, 1.165) is 40.5 Å². The minimum Gasteiger partial charge on any atom is -0.464 e. The molecule has 0 unspecified atom stereocenters. The molecule has 1 aromatic heterocycles. The number of nitrogens with zero attached hydrogens (tertiary/aromatic N) is 2. The van der Waals surface area contributed by atoms with Crippen molar-refractivity contribution in [2.24, 2.45) is 5.10 Å². The maximum absolute atomic E-state index is 6.30. The Morgan fingerprint density at radius 1 is 1.04 bits per heavy atom. The van der Waals surface area contributed by atoms with Gasteiger partial charge in [-0.05, 0) is 49.4 Å². The molecule has 0 spiro atoms. The van der Waals surface area contributed by atoms with Crippen molar-refractivity contribution in [1.29, 1.82) is 0 Å². The summed E-state index contributed by atoms with van der Waals surface area (Å²) in [6.07, 6.45) is 0.358. The van der Waals surface area contributed by atoms with E-state index in [1.165, 1.54) is 0 Å². The molecule has 6 heteroatoms. The summed E-state index contributed by atoms with van der Waals surface area (Å²) in [6, 6.07) is 17.3. The minimum absolute atomic E-state index is 0.0248. The summed E-state index contributed by atoms with van der Waals surface area (Å²) in [6.45, 7) is 1.93. The fraction of sp³-hybridized carbons (Fsp3) is 0.190. The first-order chi connectivity index (χ1) is 13.1. The topological polar surface area (TPSA) is 38.0 Å². The van der Waals surface area contributed by atoms with Gasteiger partial charge in [0.05, 0.1) is 6.04 Å². The zero-order chi connectivity index (χ0) is 18.5. The molecule has 0 fully saturated rings. The number of hydrazone groups is 1. The van der Waals surface area contributed by atoms with Gasteiger partial charge in [0.25, 0.3) is 0 Å². The summed E-state index contributed by atoms with van der Waals surface area (Å²) >= 11 is 12.5. The molecule has 27 heavy (non-hydrogen) atoms. The molecule has 2 aromatic carbocycles. The maximum Gasteiger partial charge on any atom is 0.213 e. The van der Waals surface area contributed by atoms with Gasteiger partial charge in [0.15, 0.2) is 0 Å². The summed E-state index contributed by atoms with van der Waals surface area (Å²) < 4.78 is 12.1. The first kappa shape index (κ1) is 16.7. The Labute approximate surface area is 166 Å². The molecule has 2 aliphatic rings. The van der Waals surface area contributed by atoms with Crippen molar-refractivity contribution < 1.29 is 9.15 Å². The van der Waals surface area contributed by atoms with Crippen LogP contribution in [0.4, 0.5) is 0 Å². The molecular weight excluding hydrogens is 383 g/mol. The number of rotatable bonds is 2. The predicted octanol–water partition coefficient (Wildman–Crippen LogP) is 6.14. The van der Waals surface area contributed by atoms with E-state index >= 15 is 0 Å². The Kier molecular flexibility index (Phi) is 3.92. The van der Waals surface area contributed by atoms with E-state index in [1.807, 2.05) is 66.5 Å². The van der Waals surface area contributed by atoms with Crippen LogP contribution in [0, 0.1) is 6.92 Å². The van der Waals surface area contributed by atoms with Gasteiger partial charge in [0.1, 0.15) is 23.0 Å². The molecule has 0 radical (unpaired) electrons. The quantitative estimate of drug-likeness (QED) is 0.520. The lowest BCUT2D eigenvalue weighted by Crippen LogP contribution is -2.33. The van der Waals surface area contributed by atoms with E-state index in [4.69, 9.17) is 37.5 Å². The van der Waals surface area contributed by atoms with E-state index in [1.54, 1.807) is 0 Å². The van der Waals surface area contributed by atoms with Crippen LogP contribution < -0.4 is 4.74 Å². The molecule has 3 heterocycles. The van der Waals surface area contributed by atoms with Gasteiger partial charge in [-0.25, -0.2) is 5.01 Å². The van der Waals surface area contributed by atoms with E-state index in [-0.39, 0.29) is 12.3 Å². The van der Waals surface area contributed by atoms with Crippen molar-refractivity contribution in [2.45, 2.75) is 25.6 Å². The van der Waals surface area contributed by atoms with Crippen LogP contribution in [0.25, 0.3) is 0 Å². The highest BCUT2D eigenvalue weighted by atomic mass is 35.5. The molecule has 0 N–H and O–H groups in total. The summed E-state index contributed by atoms with van der Waals surface area (Å²) in [5.41, 5.74) is 2.88. The third kappa shape index (κ3) is 2.89. The molecule has 0 aliphatic carbocycles. The third-order valence-corrected chi connectivity index (χ3v) is 5.38. The van der Waals surface area contributed by atoms with Crippen molar-refractivity contribution in [3.63, 3.8) is 0 Å². The lowest BCUT2D eigenvalue weighted by atomic mass is 9.97. The number of hydrogen-bond donors (Lipinski definition) is 0. The van der Waals surface area contributed by atoms with Crippen molar-refractivity contribution >= 4 is 28.9 Å². The molecule has 0 saturated heterocycles. The van der Waals surface area contributed by atoms with Crippen LogP contribution in [0.1, 0.15) is 41.3 Å². The van der Waals surface area contributed by atoms with Crippen molar-refractivity contribution in [3.8, 4) is 5.75 Å². The van der Waals surface area contributed by atoms with Crippen LogP contribution in [-0.2, 0) is 0 Å². The molecule has 2 aliphatic heterocycles. The van der Waals surface area contributed by atoms with Crippen LogP contribution in [-0.4, -0.2) is 10.7 Å². The molecule has 2 atom stereocenters. The van der Waals surface area contributed by atoms with Crippen molar-refractivity contribution in [2.75, 3.05) is 0 Å². The zero-order valence-electron chi connectivity index (χ0n) is 14.5. The second-order valence-corrected chi connectivity index (χ2v) is 7.64. The first-order valence-electron chi connectivity index (χ1n) is 8.73. The highest BCUT2D eigenvalue weighted by molar-refractivity contribution is 6.31. The van der Waals surface area contributed by atoms with E-state index in [0.29, 0.717) is 10.0 Å². The monoisotopic (exact) mass is 398 g/mol. The summed E-state index contributed by atoms with van der Waals surface area (Å²) in [5.74, 6) is 2.47. The van der Waals surface area contributed by atoms with Gasteiger partial charge in [-0.15, -0.1) is 0 Å². The minimum atomic E-state index is -0.365. The van der Waals surface area contributed by atoms with Gasteiger partial charge in [0, 0.05) is 27.6 Å². The molecular formula is C21H16Cl2N2O2.